The second-order valence-electron chi connectivity index (χ2n) is 12.9. The second-order valence-corrected chi connectivity index (χ2v) is 12.9. The van der Waals surface area contributed by atoms with Gasteiger partial charge in [0, 0.05) is 44.0 Å². The summed E-state index contributed by atoms with van der Waals surface area (Å²) >= 11 is 0. The van der Waals surface area contributed by atoms with Crippen molar-refractivity contribution in [3.63, 3.8) is 0 Å². The SMILES string of the molecule is c1ccc(Nc2c(Nn3c4ccccc4c4cc5c(cc43)c3ccccc3n5-c3ccccc3)nc(-c3ccccc3)nc2-c2ccccc2)cc1. The summed E-state index contributed by atoms with van der Waals surface area (Å²) in [5, 5.41) is 8.37. The number of anilines is 3. The molecule has 0 aliphatic heterocycles. The largest absolute Gasteiger partial charge is 0.351 e. The van der Waals surface area contributed by atoms with Crippen LogP contribution in [0.1, 0.15) is 0 Å². The van der Waals surface area contributed by atoms with Gasteiger partial charge < -0.3 is 9.88 Å². The van der Waals surface area contributed by atoms with Gasteiger partial charge in [0.2, 0.25) is 0 Å². The lowest BCUT2D eigenvalue weighted by Gasteiger charge is -2.20. The van der Waals surface area contributed by atoms with Gasteiger partial charge in [0.25, 0.3) is 0 Å². The van der Waals surface area contributed by atoms with Gasteiger partial charge in [0.1, 0.15) is 11.4 Å². The minimum atomic E-state index is 0.634. The number of rotatable bonds is 7. The van der Waals surface area contributed by atoms with E-state index >= 15 is 0 Å². The molecule has 0 aliphatic rings. The summed E-state index contributed by atoms with van der Waals surface area (Å²) in [5.74, 6) is 1.29. The van der Waals surface area contributed by atoms with Crippen LogP contribution in [0.2, 0.25) is 0 Å². The number of hydrogen-bond donors (Lipinski definition) is 2. The summed E-state index contributed by atoms with van der Waals surface area (Å²) in [7, 11) is 0. The van der Waals surface area contributed by atoms with Gasteiger partial charge in [-0.3, -0.25) is 10.1 Å². The first-order valence-corrected chi connectivity index (χ1v) is 17.4. The van der Waals surface area contributed by atoms with E-state index in [2.05, 4.69) is 147 Å². The molecule has 0 saturated heterocycles. The van der Waals surface area contributed by atoms with Crippen molar-refractivity contribution in [3.8, 4) is 28.3 Å². The van der Waals surface area contributed by atoms with Crippen LogP contribution in [0.3, 0.4) is 0 Å². The van der Waals surface area contributed by atoms with Crippen molar-refractivity contribution in [3.05, 3.63) is 182 Å². The Kier molecular flexibility index (Phi) is 7.03. The lowest BCUT2D eigenvalue weighted by molar-refractivity contribution is 1.02. The smallest absolute Gasteiger partial charge is 0.173 e. The average Bonchev–Trinajstić information content (AvgIpc) is 3.70. The highest BCUT2D eigenvalue weighted by molar-refractivity contribution is 6.18. The molecular formula is C46H32N6. The van der Waals surface area contributed by atoms with E-state index in [4.69, 9.17) is 9.97 Å². The monoisotopic (exact) mass is 668 g/mol. The Labute approximate surface area is 300 Å². The number of aromatic nitrogens is 4. The number of fused-ring (bicyclic) bond motifs is 6. The van der Waals surface area contributed by atoms with E-state index in [1.165, 1.54) is 16.3 Å². The second kappa shape index (κ2) is 12.3. The van der Waals surface area contributed by atoms with Gasteiger partial charge in [0.15, 0.2) is 11.6 Å². The Morgan fingerprint density at radius 2 is 0.962 bits per heavy atom. The van der Waals surface area contributed by atoms with Gasteiger partial charge in [-0.05, 0) is 48.5 Å². The van der Waals surface area contributed by atoms with E-state index < -0.39 is 0 Å². The molecule has 52 heavy (non-hydrogen) atoms. The molecule has 10 rings (SSSR count). The molecule has 3 heterocycles. The maximum atomic E-state index is 5.26. The third-order valence-electron chi connectivity index (χ3n) is 9.73. The first-order valence-electron chi connectivity index (χ1n) is 17.4. The molecule has 0 unspecified atom stereocenters. The number of nitrogens with one attached hydrogen (secondary N) is 2. The third kappa shape index (κ3) is 4.96. The molecule has 2 N–H and O–H groups in total. The minimum Gasteiger partial charge on any atom is -0.351 e. The molecule has 6 heteroatoms. The van der Waals surface area contributed by atoms with Crippen LogP contribution in [-0.2, 0) is 0 Å². The Bertz CT molecular complexity index is 2880. The highest BCUT2D eigenvalue weighted by Crippen LogP contribution is 2.40. The van der Waals surface area contributed by atoms with E-state index in [0.29, 0.717) is 11.6 Å². The maximum Gasteiger partial charge on any atom is 0.173 e. The van der Waals surface area contributed by atoms with Crippen molar-refractivity contribution in [1.82, 2.24) is 19.2 Å². The summed E-state index contributed by atoms with van der Waals surface area (Å²) in [6, 6.07) is 63.1. The summed E-state index contributed by atoms with van der Waals surface area (Å²) < 4.78 is 4.55. The zero-order chi connectivity index (χ0) is 34.4. The Morgan fingerprint density at radius 3 is 1.67 bits per heavy atom. The molecule has 0 aliphatic carbocycles. The molecule has 0 spiro atoms. The summed E-state index contributed by atoms with van der Waals surface area (Å²) in [6.07, 6.45) is 0. The van der Waals surface area contributed by atoms with Crippen LogP contribution in [0.4, 0.5) is 17.2 Å². The van der Waals surface area contributed by atoms with Gasteiger partial charge >= 0.3 is 0 Å². The third-order valence-corrected chi connectivity index (χ3v) is 9.73. The number of hydrogen-bond acceptors (Lipinski definition) is 4. The van der Waals surface area contributed by atoms with Gasteiger partial charge in [-0.2, -0.15) is 0 Å². The number of para-hydroxylation sites is 4. The van der Waals surface area contributed by atoms with E-state index in [9.17, 15) is 0 Å². The quantitative estimate of drug-likeness (QED) is 0.177. The Morgan fingerprint density at radius 1 is 0.423 bits per heavy atom. The fraction of sp³-hybridized carbons (Fsp3) is 0. The Hall–Kier alpha value is -7.18. The van der Waals surface area contributed by atoms with Crippen molar-refractivity contribution in [2.45, 2.75) is 0 Å². The van der Waals surface area contributed by atoms with Crippen LogP contribution in [-0.4, -0.2) is 19.2 Å². The summed E-state index contributed by atoms with van der Waals surface area (Å²) in [6.45, 7) is 0. The van der Waals surface area contributed by atoms with Gasteiger partial charge in [0.05, 0.1) is 22.1 Å². The first kappa shape index (κ1) is 29.7. The van der Waals surface area contributed by atoms with Crippen LogP contribution in [0.25, 0.3) is 71.9 Å². The molecule has 6 nitrogen and oxygen atoms in total. The molecule has 7 aromatic carbocycles. The number of benzene rings is 7. The summed E-state index contributed by atoms with van der Waals surface area (Å²) in [4.78, 5) is 10.5. The zero-order valence-corrected chi connectivity index (χ0v) is 28.1. The van der Waals surface area contributed by atoms with Crippen molar-refractivity contribution in [1.29, 1.82) is 0 Å². The fourth-order valence-electron chi connectivity index (χ4n) is 7.36. The van der Waals surface area contributed by atoms with Crippen LogP contribution in [0.5, 0.6) is 0 Å². The molecule has 0 atom stereocenters. The van der Waals surface area contributed by atoms with Gasteiger partial charge in [-0.1, -0.05) is 133 Å². The van der Waals surface area contributed by atoms with Gasteiger partial charge in [-0.15, -0.1) is 0 Å². The van der Waals surface area contributed by atoms with E-state index in [-0.39, 0.29) is 0 Å². The lowest BCUT2D eigenvalue weighted by atomic mass is 10.1. The topological polar surface area (TPSA) is 59.7 Å². The first-order chi connectivity index (χ1) is 25.8. The van der Waals surface area contributed by atoms with Crippen LogP contribution < -0.4 is 10.7 Å². The van der Waals surface area contributed by atoms with Crippen molar-refractivity contribution < 1.29 is 0 Å². The highest BCUT2D eigenvalue weighted by Gasteiger charge is 2.22. The van der Waals surface area contributed by atoms with E-state index in [0.717, 1.165) is 61.2 Å². The molecule has 0 fully saturated rings. The molecule has 10 aromatic rings. The summed E-state index contributed by atoms with van der Waals surface area (Å²) in [5.41, 5.74) is 13.8. The lowest BCUT2D eigenvalue weighted by Crippen LogP contribution is -2.14. The number of nitrogens with zero attached hydrogens (tertiary/aromatic N) is 4. The highest BCUT2D eigenvalue weighted by atomic mass is 15.4. The Balaban J connectivity index is 1.26. The normalized spacial score (nSPS) is 11.5. The molecular weight excluding hydrogens is 637 g/mol. The zero-order valence-electron chi connectivity index (χ0n) is 28.1. The van der Waals surface area contributed by atoms with E-state index in [1.54, 1.807) is 0 Å². The van der Waals surface area contributed by atoms with Crippen molar-refractivity contribution >= 4 is 60.8 Å². The molecule has 0 radical (unpaired) electrons. The predicted molar refractivity (Wildman–Crippen MR) is 215 cm³/mol. The van der Waals surface area contributed by atoms with E-state index in [1.807, 2.05) is 54.6 Å². The average molecular weight is 669 g/mol. The standard InChI is InChI=1S/C46H32N6/c1-5-17-31(18-6-1)43-44(47-33-21-9-3-10-22-33)46(49-45(48-43)32-19-7-2-8-20-32)50-52-40-28-16-14-26-36(40)38-29-41-37(30-42(38)52)35-25-13-15-27-39(35)51(41)34-23-11-4-12-24-34/h1-30,47H,(H,48,49,50). The van der Waals surface area contributed by atoms with Crippen molar-refractivity contribution in [2.75, 3.05) is 10.7 Å². The molecule has 0 bridgehead atoms. The molecule has 0 amide bonds. The van der Waals surface area contributed by atoms with Crippen molar-refractivity contribution in [2.24, 2.45) is 0 Å². The van der Waals surface area contributed by atoms with Crippen LogP contribution in [0, 0.1) is 0 Å². The van der Waals surface area contributed by atoms with Crippen LogP contribution >= 0.6 is 0 Å². The molecule has 3 aromatic heterocycles. The minimum absolute atomic E-state index is 0.634. The molecule has 246 valence electrons. The maximum absolute atomic E-state index is 5.26. The predicted octanol–water partition coefficient (Wildman–Crippen LogP) is 11.6. The molecule has 0 saturated carbocycles. The van der Waals surface area contributed by atoms with Crippen LogP contribution in [0.15, 0.2) is 182 Å². The fourth-order valence-corrected chi connectivity index (χ4v) is 7.36. The van der Waals surface area contributed by atoms with Gasteiger partial charge in [-0.25, -0.2) is 9.97 Å².